The van der Waals surface area contributed by atoms with Gasteiger partial charge in [-0.25, -0.2) is 9.97 Å². The quantitative estimate of drug-likeness (QED) is 0.365. The number of benzene rings is 1. The molecule has 6 nitrogen and oxygen atoms in total. The summed E-state index contributed by atoms with van der Waals surface area (Å²) in [5.74, 6) is 0.861. The highest BCUT2D eigenvalue weighted by molar-refractivity contribution is 7.99. The summed E-state index contributed by atoms with van der Waals surface area (Å²) >= 11 is 10.2. The predicted molar refractivity (Wildman–Crippen MR) is 132 cm³/mol. The molecule has 0 aliphatic carbocycles. The molecule has 0 radical (unpaired) electrons. The smallest absolute Gasteiger partial charge is 0.259 e. The molecule has 0 fully saturated rings. The summed E-state index contributed by atoms with van der Waals surface area (Å²) in [6, 6.07) is 7.40. The summed E-state index contributed by atoms with van der Waals surface area (Å²) in [5.41, 5.74) is 2.57. The van der Waals surface area contributed by atoms with Crippen LogP contribution in [-0.2, 0) is 10.5 Å². The lowest BCUT2D eigenvalue weighted by Gasteiger charge is -2.10. The van der Waals surface area contributed by atoms with E-state index in [9.17, 15) is 9.59 Å². The summed E-state index contributed by atoms with van der Waals surface area (Å²) in [5, 5.41) is 6.28. The number of H-pyrrole nitrogens is 1. The standard InChI is InChI=1S/C21H19ClN4O2S3/c1-10-11(2)31-20-17(10)19(28)24-16(25-20)9-29-12(3)18(27)26-21-23-15(8-30-21)13-4-6-14(22)7-5-13/h4-8,12H,9H2,1-3H3,(H,23,26,27)(H,24,25,28)/t12-/m1/s1. The number of hydrogen-bond donors (Lipinski definition) is 2. The lowest BCUT2D eigenvalue weighted by atomic mass is 10.2. The van der Waals surface area contributed by atoms with Crippen molar-refractivity contribution in [2.75, 3.05) is 5.32 Å². The minimum atomic E-state index is -0.337. The Morgan fingerprint density at radius 2 is 2.00 bits per heavy atom. The monoisotopic (exact) mass is 490 g/mol. The third-order valence-corrected chi connectivity index (χ3v) is 8.07. The molecular formula is C21H19ClN4O2S3. The molecule has 0 bridgehead atoms. The predicted octanol–water partition coefficient (Wildman–Crippen LogP) is 5.64. The number of thioether (sulfide) groups is 1. The molecule has 10 heteroatoms. The molecular weight excluding hydrogens is 472 g/mol. The summed E-state index contributed by atoms with van der Waals surface area (Å²) in [6.07, 6.45) is 0. The van der Waals surface area contributed by atoms with Crippen molar-refractivity contribution in [1.29, 1.82) is 0 Å². The fourth-order valence-electron chi connectivity index (χ4n) is 2.94. The zero-order valence-electron chi connectivity index (χ0n) is 17.0. The number of anilines is 1. The average molecular weight is 491 g/mol. The number of thiazole rings is 1. The number of thiophene rings is 1. The van der Waals surface area contributed by atoms with E-state index in [0.29, 0.717) is 27.1 Å². The van der Waals surface area contributed by atoms with E-state index in [2.05, 4.69) is 20.3 Å². The van der Waals surface area contributed by atoms with Gasteiger partial charge in [0.25, 0.3) is 5.56 Å². The number of aromatic amines is 1. The second-order valence-electron chi connectivity index (χ2n) is 6.96. The summed E-state index contributed by atoms with van der Waals surface area (Å²) < 4.78 is 0. The van der Waals surface area contributed by atoms with Gasteiger partial charge in [0.15, 0.2) is 5.13 Å². The van der Waals surface area contributed by atoms with Gasteiger partial charge in [0, 0.05) is 20.8 Å². The van der Waals surface area contributed by atoms with Crippen molar-refractivity contribution in [3.63, 3.8) is 0 Å². The SMILES string of the molecule is Cc1sc2nc(CS[C@H](C)C(=O)Nc3nc(-c4ccc(Cl)cc4)cs3)[nH]c(=O)c2c1C. The maximum absolute atomic E-state index is 12.6. The molecule has 31 heavy (non-hydrogen) atoms. The van der Waals surface area contributed by atoms with Gasteiger partial charge < -0.3 is 10.3 Å². The summed E-state index contributed by atoms with van der Waals surface area (Å²) in [4.78, 5) is 38.7. The molecule has 1 atom stereocenters. The molecule has 3 aromatic heterocycles. The van der Waals surface area contributed by atoms with Crippen LogP contribution in [0.2, 0.25) is 5.02 Å². The molecule has 160 valence electrons. The van der Waals surface area contributed by atoms with Crippen LogP contribution in [0.15, 0.2) is 34.4 Å². The molecule has 0 saturated carbocycles. The van der Waals surface area contributed by atoms with Gasteiger partial charge in [-0.05, 0) is 38.5 Å². The number of fused-ring (bicyclic) bond motifs is 1. The first kappa shape index (κ1) is 22.0. The number of carbonyl (C=O) groups is 1. The van der Waals surface area contributed by atoms with Gasteiger partial charge in [0.2, 0.25) is 5.91 Å². The minimum Gasteiger partial charge on any atom is -0.309 e. The molecule has 4 aromatic rings. The van der Waals surface area contributed by atoms with Crippen molar-refractivity contribution in [1.82, 2.24) is 15.0 Å². The number of amides is 1. The third kappa shape index (κ3) is 4.85. The van der Waals surface area contributed by atoms with Gasteiger partial charge >= 0.3 is 0 Å². The zero-order chi connectivity index (χ0) is 22.1. The highest BCUT2D eigenvalue weighted by atomic mass is 35.5. The van der Waals surface area contributed by atoms with Gasteiger partial charge in [0.05, 0.1) is 22.1 Å². The number of aromatic nitrogens is 3. The normalized spacial score (nSPS) is 12.3. The number of aryl methyl sites for hydroxylation is 2. The molecule has 2 N–H and O–H groups in total. The van der Waals surface area contributed by atoms with E-state index < -0.39 is 0 Å². The van der Waals surface area contributed by atoms with Crippen LogP contribution >= 0.6 is 46.0 Å². The van der Waals surface area contributed by atoms with Crippen LogP contribution in [0.1, 0.15) is 23.2 Å². The lowest BCUT2D eigenvalue weighted by molar-refractivity contribution is -0.115. The highest BCUT2D eigenvalue weighted by Gasteiger charge is 2.17. The Kier molecular flexibility index (Phi) is 6.47. The molecule has 0 saturated heterocycles. The van der Waals surface area contributed by atoms with E-state index in [0.717, 1.165) is 26.5 Å². The van der Waals surface area contributed by atoms with Gasteiger partial charge in [-0.1, -0.05) is 23.7 Å². The van der Waals surface area contributed by atoms with Gasteiger partial charge in [0.1, 0.15) is 10.7 Å². The van der Waals surface area contributed by atoms with Crippen molar-refractivity contribution in [2.45, 2.75) is 31.8 Å². The van der Waals surface area contributed by atoms with Crippen LogP contribution in [0.5, 0.6) is 0 Å². The molecule has 0 aliphatic heterocycles. The number of carbonyl (C=O) groups excluding carboxylic acids is 1. The van der Waals surface area contributed by atoms with Gasteiger partial charge in [-0.2, -0.15) is 0 Å². The molecule has 1 aromatic carbocycles. The third-order valence-electron chi connectivity index (χ3n) is 4.80. The number of hydrogen-bond acceptors (Lipinski definition) is 7. The molecule has 0 aliphatic rings. The van der Waals surface area contributed by atoms with Gasteiger partial charge in [-0.3, -0.25) is 9.59 Å². The molecule has 0 spiro atoms. The largest absolute Gasteiger partial charge is 0.309 e. The van der Waals surface area contributed by atoms with Crippen LogP contribution < -0.4 is 10.9 Å². The van der Waals surface area contributed by atoms with Crippen molar-refractivity contribution in [3.8, 4) is 11.3 Å². The number of nitrogens with one attached hydrogen (secondary N) is 2. The number of halogens is 1. The summed E-state index contributed by atoms with van der Waals surface area (Å²) in [6.45, 7) is 5.74. The van der Waals surface area contributed by atoms with Crippen molar-refractivity contribution in [2.24, 2.45) is 0 Å². The second-order valence-corrected chi connectivity index (χ2v) is 10.8. The fourth-order valence-corrected chi connectivity index (χ4v) is 5.59. The van der Waals surface area contributed by atoms with E-state index >= 15 is 0 Å². The Morgan fingerprint density at radius 1 is 1.26 bits per heavy atom. The lowest BCUT2D eigenvalue weighted by Crippen LogP contribution is -2.23. The average Bonchev–Trinajstić information content (AvgIpc) is 3.31. The Hall–Kier alpha value is -2.20. The first-order valence-corrected chi connectivity index (χ1v) is 12.6. The zero-order valence-corrected chi connectivity index (χ0v) is 20.2. The summed E-state index contributed by atoms with van der Waals surface area (Å²) in [7, 11) is 0. The molecule has 0 unspecified atom stereocenters. The van der Waals surface area contributed by atoms with E-state index in [-0.39, 0.29) is 16.7 Å². The van der Waals surface area contributed by atoms with Crippen LogP contribution in [0.3, 0.4) is 0 Å². The molecule has 3 heterocycles. The maximum Gasteiger partial charge on any atom is 0.259 e. The molecule has 1 amide bonds. The van der Waals surface area contributed by atoms with Crippen LogP contribution in [0, 0.1) is 13.8 Å². The van der Waals surface area contributed by atoms with Gasteiger partial charge in [-0.15, -0.1) is 34.4 Å². The Bertz CT molecular complexity index is 1310. The van der Waals surface area contributed by atoms with Crippen LogP contribution in [0.25, 0.3) is 21.5 Å². The van der Waals surface area contributed by atoms with Crippen molar-refractivity contribution >= 4 is 67.3 Å². The van der Waals surface area contributed by atoms with Crippen molar-refractivity contribution < 1.29 is 4.79 Å². The van der Waals surface area contributed by atoms with E-state index in [4.69, 9.17) is 11.6 Å². The van der Waals surface area contributed by atoms with Crippen molar-refractivity contribution in [3.05, 3.63) is 61.3 Å². The first-order chi connectivity index (χ1) is 14.8. The molecule has 4 rings (SSSR count). The van der Waals surface area contributed by atoms with E-state index in [1.807, 2.05) is 50.4 Å². The Labute approximate surface area is 196 Å². The van der Waals surface area contributed by atoms with E-state index in [1.165, 1.54) is 34.4 Å². The fraction of sp³-hybridized carbons (Fsp3) is 0.238. The number of rotatable bonds is 6. The Balaban J connectivity index is 1.39. The van der Waals surface area contributed by atoms with E-state index in [1.54, 1.807) is 0 Å². The highest BCUT2D eigenvalue weighted by Crippen LogP contribution is 2.28. The number of nitrogens with zero attached hydrogens (tertiary/aromatic N) is 2. The maximum atomic E-state index is 12.6. The second kappa shape index (κ2) is 9.12. The van der Waals surface area contributed by atoms with Crippen LogP contribution in [-0.4, -0.2) is 26.1 Å². The van der Waals surface area contributed by atoms with Crippen LogP contribution in [0.4, 0.5) is 5.13 Å². The minimum absolute atomic E-state index is 0.128. The first-order valence-electron chi connectivity index (χ1n) is 9.44. The topological polar surface area (TPSA) is 87.7 Å². The Morgan fingerprint density at radius 3 is 2.74 bits per heavy atom.